The molecule has 1 atom stereocenters. The van der Waals surface area contributed by atoms with E-state index in [0.717, 1.165) is 9.94 Å². The second-order valence-corrected chi connectivity index (χ2v) is 5.29. The maximum atomic E-state index is 12.0. The number of methoxy groups -OCH3 is 1. The van der Waals surface area contributed by atoms with Gasteiger partial charge in [-0.15, -0.1) is 11.3 Å². The number of esters is 1. The van der Waals surface area contributed by atoms with E-state index in [1.807, 2.05) is 6.07 Å². The molecule has 0 aliphatic rings. The lowest BCUT2D eigenvalue weighted by atomic mass is 10.2. The van der Waals surface area contributed by atoms with Crippen LogP contribution in [0.1, 0.15) is 28.3 Å². The minimum Gasteiger partial charge on any atom is -0.487 e. The Bertz CT molecular complexity index is 650. The zero-order valence-corrected chi connectivity index (χ0v) is 12.3. The van der Waals surface area contributed by atoms with Gasteiger partial charge in [0.2, 0.25) is 0 Å². The molecule has 1 heterocycles. The summed E-state index contributed by atoms with van der Waals surface area (Å²) in [6.07, 6.45) is -0.415. The topological polar surface area (TPSA) is 78.7 Å². The summed E-state index contributed by atoms with van der Waals surface area (Å²) in [4.78, 5) is 22.9. The van der Waals surface area contributed by atoms with Crippen LogP contribution in [0.4, 0.5) is 5.69 Å². The van der Waals surface area contributed by atoms with E-state index < -0.39 is 17.0 Å². The minimum absolute atomic E-state index is 0.0670. The first-order valence-corrected chi connectivity index (χ1v) is 6.92. The summed E-state index contributed by atoms with van der Waals surface area (Å²) in [6.45, 7) is 1.76. The number of nitro groups is 1. The summed E-state index contributed by atoms with van der Waals surface area (Å²) < 4.78 is 10.4. The number of ether oxygens (including phenoxy) is 2. The van der Waals surface area contributed by atoms with Crippen LogP contribution in [0.15, 0.2) is 36.4 Å². The summed E-state index contributed by atoms with van der Waals surface area (Å²) in [5, 5.41) is 11.3. The van der Waals surface area contributed by atoms with Gasteiger partial charge in [-0.3, -0.25) is 10.1 Å². The Kier molecular flexibility index (Phi) is 4.54. The quantitative estimate of drug-likeness (QED) is 0.479. The van der Waals surface area contributed by atoms with Crippen LogP contribution < -0.4 is 4.74 Å². The molecule has 21 heavy (non-hydrogen) atoms. The van der Waals surface area contributed by atoms with Crippen molar-refractivity contribution < 1.29 is 19.2 Å². The first-order valence-electron chi connectivity index (χ1n) is 6.10. The Morgan fingerprint density at radius 1 is 1.24 bits per heavy atom. The summed E-state index contributed by atoms with van der Waals surface area (Å²) >= 11 is 1.40. The zero-order valence-electron chi connectivity index (χ0n) is 11.4. The number of carbonyl (C=O) groups excluding carboxylic acids is 1. The molecule has 0 N–H and O–H groups in total. The van der Waals surface area contributed by atoms with Gasteiger partial charge in [-0.05, 0) is 31.2 Å². The summed E-state index contributed by atoms with van der Waals surface area (Å²) in [7, 11) is 1.57. The summed E-state index contributed by atoms with van der Waals surface area (Å²) in [5.41, 5.74) is 0.207. The first kappa shape index (κ1) is 15.0. The van der Waals surface area contributed by atoms with Crippen molar-refractivity contribution in [3.8, 4) is 5.06 Å². The Balaban J connectivity index is 2.04. The highest BCUT2D eigenvalue weighted by atomic mass is 32.1. The molecule has 0 aliphatic heterocycles. The van der Waals surface area contributed by atoms with Crippen molar-refractivity contribution in [3.63, 3.8) is 0 Å². The maximum absolute atomic E-state index is 12.0. The van der Waals surface area contributed by atoms with Crippen LogP contribution >= 0.6 is 11.3 Å². The molecule has 1 aromatic heterocycles. The highest BCUT2D eigenvalue weighted by Gasteiger charge is 2.16. The van der Waals surface area contributed by atoms with E-state index in [9.17, 15) is 14.9 Å². The van der Waals surface area contributed by atoms with Crippen LogP contribution in [0.2, 0.25) is 0 Å². The molecule has 0 aliphatic carbocycles. The van der Waals surface area contributed by atoms with Crippen molar-refractivity contribution in [1.82, 2.24) is 0 Å². The number of hydrogen-bond donors (Lipinski definition) is 0. The second kappa shape index (κ2) is 6.36. The third-order valence-corrected chi connectivity index (χ3v) is 4.01. The van der Waals surface area contributed by atoms with Gasteiger partial charge in [0, 0.05) is 17.0 Å². The van der Waals surface area contributed by atoms with E-state index in [1.165, 1.54) is 35.6 Å². The Morgan fingerprint density at radius 2 is 1.90 bits per heavy atom. The first-order chi connectivity index (χ1) is 10.0. The van der Waals surface area contributed by atoms with Gasteiger partial charge < -0.3 is 9.47 Å². The number of thiophene rings is 1. The van der Waals surface area contributed by atoms with E-state index in [-0.39, 0.29) is 11.3 Å². The lowest BCUT2D eigenvalue weighted by molar-refractivity contribution is -0.384. The van der Waals surface area contributed by atoms with Crippen LogP contribution in [0, 0.1) is 10.1 Å². The van der Waals surface area contributed by atoms with Gasteiger partial charge in [0.1, 0.15) is 6.10 Å². The van der Waals surface area contributed by atoms with E-state index in [0.29, 0.717) is 0 Å². The molecule has 7 heteroatoms. The highest BCUT2D eigenvalue weighted by Crippen LogP contribution is 2.31. The van der Waals surface area contributed by atoms with Crippen LogP contribution in [-0.4, -0.2) is 18.0 Å². The second-order valence-electron chi connectivity index (χ2n) is 4.21. The lowest BCUT2D eigenvalue weighted by Gasteiger charge is -2.11. The lowest BCUT2D eigenvalue weighted by Crippen LogP contribution is -2.08. The summed E-state index contributed by atoms with van der Waals surface area (Å²) in [5.74, 6) is -0.523. The fourth-order valence-corrected chi connectivity index (χ4v) is 2.47. The molecular weight excluding hydrogens is 294 g/mol. The molecule has 110 valence electrons. The average molecular weight is 307 g/mol. The fourth-order valence-electron chi connectivity index (χ4n) is 1.67. The molecule has 1 aromatic carbocycles. The third-order valence-electron chi connectivity index (χ3n) is 2.80. The highest BCUT2D eigenvalue weighted by molar-refractivity contribution is 7.13. The van der Waals surface area contributed by atoms with E-state index in [2.05, 4.69) is 0 Å². The largest absolute Gasteiger partial charge is 0.487 e. The van der Waals surface area contributed by atoms with Gasteiger partial charge in [-0.2, -0.15) is 0 Å². The van der Waals surface area contributed by atoms with Gasteiger partial charge >= 0.3 is 5.97 Å². The number of rotatable bonds is 5. The van der Waals surface area contributed by atoms with Gasteiger partial charge in [-0.1, -0.05) is 0 Å². The van der Waals surface area contributed by atoms with Crippen molar-refractivity contribution >= 4 is 23.0 Å². The van der Waals surface area contributed by atoms with Crippen molar-refractivity contribution in [2.24, 2.45) is 0 Å². The number of non-ortho nitro benzene ring substituents is 1. The van der Waals surface area contributed by atoms with E-state index in [1.54, 1.807) is 20.1 Å². The predicted molar refractivity (Wildman–Crippen MR) is 77.8 cm³/mol. The van der Waals surface area contributed by atoms with Crippen LogP contribution in [-0.2, 0) is 4.74 Å². The number of nitro benzene ring substituents is 1. The van der Waals surface area contributed by atoms with Crippen molar-refractivity contribution in [1.29, 1.82) is 0 Å². The Labute approximate surface area is 125 Å². The molecule has 1 unspecified atom stereocenters. The molecule has 0 spiro atoms. The number of hydrogen-bond acceptors (Lipinski definition) is 6. The maximum Gasteiger partial charge on any atom is 0.338 e. The molecule has 2 aromatic rings. The van der Waals surface area contributed by atoms with Crippen LogP contribution in [0.25, 0.3) is 0 Å². The molecule has 0 saturated carbocycles. The van der Waals surface area contributed by atoms with Gasteiger partial charge in [-0.25, -0.2) is 4.79 Å². The molecule has 0 amide bonds. The average Bonchev–Trinajstić information content (AvgIpc) is 2.96. The molecule has 0 saturated heterocycles. The molecular formula is C14H13NO5S. The van der Waals surface area contributed by atoms with Crippen LogP contribution in [0.5, 0.6) is 5.06 Å². The zero-order chi connectivity index (χ0) is 15.4. The minimum atomic E-state index is -0.523. The van der Waals surface area contributed by atoms with E-state index >= 15 is 0 Å². The third kappa shape index (κ3) is 3.57. The molecule has 0 bridgehead atoms. The van der Waals surface area contributed by atoms with Gasteiger partial charge in [0.15, 0.2) is 5.06 Å². The molecule has 2 rings (SSSR count). The van der Waals surface area contributed by atoms with Crippen molar-refractivity contribution in [2.75, 3.05) is 7.11 Å². The Morgan fingerprint density at radius 3 is 2.43 bits per heavy atom. The standard InChI is InChI=1S/C14H13NO5S/c1-9(12-7-8-13(19-2)21-12)20-14(16)10-3-5-11(6-4-10)15(17)18/h3-9H,1-2H3. The molecule has 0 radical (unpaired) electrons. The molecule has 6 nitrogen and oxygen atoms in total. The fraction of sp³-hybridized carbons (Fsp3) is 0.214. The Hall–Kier alpha value is -2.41. The van der Waals surface area contributed by atoms with Crippen LogP contribution in [0.3, 0.4) is 0 Å². The summed E-state index contributed by atoms with van der Waals surface area (Å²) in [6, 6.07) is 8.93. The number of carbonyl (C=O) groups is 1. The SMILES string of the molecule is COc1ccc(C(C)OC(=O)c2ccc([N+](=O)[O-])cc2)s1. The van der Waals surface area contributed by atoms with Gasteiger partial charge in [0.25, 0.3) is 5.69 Å². The smallest absolute Gasteiger partial charge is 0.338 e. The monoisotopic (exact) mass is 307 g/mol. The van der Waals surface area contributed by atoms with E-state index in [4.69, 9.17) is 9.47 Å². The van der Waals surface area contributed by atoms with Gasteiger partial charge in [0.05, 0.1) is 17.6 Å². The molecule has 0 fully saturated rings. The number of benzene rings is 1. The van der Waals surface area contributed by atoms with Crippen molar-refractivity contribution in [3.05, 3.63) is 57.0 Å². The normalized spacial score (nSPS) is 11.7. The predicted octanol–water partition coefficient (Wildman–Crippen LogP) is 3.58. The number of nitrogens with zero attached hydrogens (tertiary/aromatic N) is 1. The van der Waals surface area contributed by atoms with Crippen molar-refractivity contribution in [2.45, 2.75) is 13.0 Å².